The first-order valence-corrected chi connectivity index (χ1v) is 11.6. The average Bonchev–Trinajstić information content (AvgIpc) is 3.30. The van der Waals surface area contributed by atoms with Gasteiger partial charge in [-0.25, -0.2) is 0 Å². The minimum atomic E-state index is -0.304. The molecular formula is C23H17Br3O8. The lowest BCUT2D eigenvalue weighted by molar-refractivity contribution is 0.111. The first-order chi connectivity index (χ1) is 16.1. The monoisotopic (exact) mass is 658 g/mol. The summed E-state index contributed by atoms with van der Waals surface area (Å²) in [6.45, 7) is 1.96. The molecule has 1 aliphatic rings. The second-order valence-corrected chi connectivity index (χ2v) is 9.19. The number of carbonyl (C=O) groups excluding carboxylic acids is 3. The third-order valence-corrected chi connectivity index (χ3v) is 6.00. The zero-order valence-electron chi connectivity index (χ0n) is 17.4. The molecule has 0 radical (unpaired) electrons. The van der Waals surface area contributed by atoms with E-state index in [2.05, 4.69) is 47.8 Å². The van der Waals surface area contributed by atoms with Gasteiger partial charge in [0.25, 0.3) is 0 Å². The van der Waals surface area contributed by atoms with Crippen LogP contribution in [0.3, 0.4) is 0 Å². The first-order valence-electron chi connectivity index (χ1n) is 9.26. The lowest BCUT2D eigenvalue weighted by Gasteiger charge is -2.01. The number of ether oxygens (including phenoxy) is 2. The third kappa shape index (κ3) is 7.05. The van der Waals surface area contributed by atoms with Gasteiger partial charge in [0.15, 0.2) is 23.0 Å². The van der Waals surface area contributed by atoms with Crippen molar-refractivity contribution < 1.29 is 39.2 Å². The fraction of sp³-hybridized carbons (Fsp3) is 0.0870. The molecule has 0 atom stereocenters. The summed E-state index contributed by atoms with van der Waals surface area (Å²) in [6.07, 6.45) is 2.10. The average molecular weight is 661 g/mol. The standard InChI is InChI=1S/C8H5BrO3.C8H7BrO2.C7H5BrO3/c9-6-1-5(3-10)2-7-8(6)12-4-11-7;1-5-2-6(4-10)3-7(9)8(5)11;8-5-1-4(3-9)2-6(10)7(5)11/h1-3H,4H2;2-4,11H,1H3;1-3,10-11H. The zero-order chi connectivity index (χ0) is 25.4. The third-order valence-electron chi connectivity index (χ3n) is 4.20. The van der Waals surface area contributed by atoms with E-state index in [1.165, 1.54) is 12.1 Å². The summed E-state index contributed by atoms with van der Waals surface area (Å²) in [5.74, 6) is 0.916. The molecule has 0 aliphatic carbocycles. The highest BCUT2D eigenvalue weighted by atomic mass is 79.9. The first kappa shape index (κ1) is 27.4. The van der Waals surface area contributed by atoms with E-state index < -0.39 is 0 Å². The quantitative estimate of drug-likeness (QED) is 0.233. The van der Waals surface area contributed by atoms with Gasteiger partial charge in [0.2, 0.25) is 6.79 Å². The Morgan fingerprint density at radius 1 is 0.706 bits per heavy atom. The molecule has 4 rings (SSSR count). The molecule has 0 bridgehead atoms. The van der Waals surface area contributed by atoms with Crippen molar-refractivity contribution in [1.29, 1.82) is 0 Å². The fourth-order valence-corrected chi connectivity index (χ4v) is 4.18. The number of hydrogen-bond donors (Lipinski definition) is 3. The molecule has 0 spiro atoms. The molecule has 8 nitrogen and oxygen atoms in total. The largest absolute Gasteiger partial charge is 0.506 e. The molecule has 0 unspecified atom stereocenters. The van der Waals surface area contributed by atoms with Gasteiger partial charge in [0, 0.05) is 16.7 Å². The van der Waals surface area contributed by atoms with Crippen molar-refractivity contribution in [3.8, 4) is 28.7 Å². The number of phenolic OH excluding ortho intramolecular Hbond substituents is 3. The molecule has 0 saturated heterocycles. The fourth-order valence-electron chi connectivity index (χ4n) is 2.56. The van der Waals surface area contributed by atoms with Crippen molar-refractivity contribution in [1.82, 2.24) is 0 Å². The molecular weight excluding hydrogens is 644 g/mol. The smallest absolute Gasteiger partial charge is 0.231 e. The molecule has 178 valence electrons. The second kappa shape index (κ2) is 12.5. The van der Waals surface area contributed by atoms with Crippen LogP contribution >= 0.6 is 47.8 Å². The van der Waals surface area contributed by atoms with Crippen molar-refractivity contribution in [3.05, 3.63) is 72.1 Å². The Morgan fingerprint density at radius 3 is 1.74 bits per heavy atom. The van der Waals surface area contributed by atoms with Crippen LogP contribution in [0.25, 0.3) is 0 Å². The molecule has 3 aromatic rings. The van der Waals surface area contributed by atoms with Crippen molar-refractivity contribution in [3.63, 3.8) is 0 Å². The lowest BCUT2D eigenvalue weighted by atomic mass is 10.1. The summed E-state index contributed by atoms with van der Waals surface area (Å²) in [6, 6.07) is 9.16. The van der Waals surface area contributed by atoms with E-state index in [1.807, 2.05) is 0 Å². The number of hydrogen-bond acceptors (Lipinski definition) is 8. The van der Waals surface area contributed by atoms with Gasteiger partial charge in [-0.05, 0) is 96.7 Å². The minimum absolute atomic E-state index is 0.190. The van der Waals surface area contributed by atoms with E-state index in [4.69, 9.17) is 19.7 Å². The molecule has 3 N–H and O–H groups in total. The number of aromatic hydroxyl groups is 3. The Kier molecular flexibility index (Phi) is 10.1. The van der Waals surface area contributed by atoms with E-state index >= 15 is 0 Å². The zero-order valence-corrected chi connectivity index (χ0v) is 22.2. The molecule has 0 fully saturated rings. The van der Waals surface area contributed by atoms with Crippen LogP contribution in [0.2, 0.25) is 0 Å². The number of fused-ring (bicyclic) bond motifs is 1. The van der Waals surface area contributed by atoms with Crippen LogP contribution in [0, 0.1) is 6.92 Å². The number of benzene rings is 3. The van der Waals surface area contributed by atoms with Crippen molar-refractivity contribution in [2.24, 2.45) is 0 Å². The van der Waals surface area contributed by atoms with Crippen molar-refractivity contribution in [2.75, 3.05) is 6.79 Å². The second-order valence-electron chi connectivity index (χ2n) is 6.63. The number of halogens is 3. The van der Waals surface area contributed by atoms with Gasteiger partial charge >= 0.3 is 0 Å². The Morgan fingerprint density at radius 2 is 1.21 bits per heavy atom. The van der Waals surface area contributed by atoms with Gasteiger partial charge in [0.1, 0.15) is 24.6 Å². The van der Waals surface area contributed by atoms with Crippen LogP contribution in [-0.4, -0.2) is 41.0 Å². The highest BCUT2D eigenvalue weighted by Gasteiger charge is 2.17. The number of carbonyl (C=O) groups is 3. The summed E-state index contributed by atoms with van der Waals surface area (Å²) in [7, 11) is 0. The maximum absolute atomic E-state index is 10.4. The normalized spacial score (nSPS) is 10.8. The topological polar surface area (TPSA) is 130 Å². The minimum Gasteiger partial charge on any atom is -0.506 e. The number of phenols is 3. The highest BCUT2D eigenvalue weighted by molar-refractivity contribution is 9.11. The Labute approximate surface area is 219 Å². The summed E-state index contributed by atoms with van der Waals surface area (Å²) in [5.41, 5.74) is 2.15. The van der Waals surface area contributed by atoms with E-state index in [9.17, 15) is 19.5 Å². The Balaban J connectivity index is 0.000000181. The van der Waals surface area contributed by atoms with Crippen molar-refractivity contribution in [2.45, 2.75) is 6.92 Å². The van der Waals surface area contributed by atoms with Crippen LogP contribution in [0.15, 0.2) is 49.8 Å². The maximum Gasteiger partial charge on any atom is 0.231 e. The summed E-state index contributed by atoms with van der Waals surface area (Å²) in [4.78, 5) is 31.0. The van der Waals surface area contributed by atoms with Gasteiger partial charge in [-0.15, -0.1) is 0 Å². The van der Waals surface area contributed by atoms with E-state index in [1.54, 1.807) is 31.2 Å². The van der Waals surface area contributed by atoms with E-state index in [0.29, 0.717) is 49.0 Å². The molecule has 34 heavy (non-hydrogen) atoms. The van der Waals surface area contributed by atoms with Crippen LogP contribution in [0.1, 0.15) is 36.6 Å². The Bertz CT molecular complexity index is 1120. The molecule has 3 aromatic carbocycles. The van der Waals surface area contributed by atoms with Crippen molar-refractivity contribution >= 4 is 66.6 Å². The molecule has 0 amide bonds. The Hall–Kier alpha value is -2.89. The summed E-state index contributed by atoms with van der Waals surface area (Å²) < 4.78 is 11.9. The van der Waals surface area contributed by atoms with Gasteiger partial charge in [-0.1, -0.05) is 0 Å². The van der Waals surface area contributed by atoms with Crippen LogP contribution in [0.5, 0.6) is 28.7 Å². The van der Waals surface area contributed by atoms with Gasteiger partial charge in [0.05, 0.1) is 13.4 Å². The molecule has 0 aromatic heterocycles. The SMILES string of the molecule is Cc1cc(C=O)cc(Br)c1O.O=Cc1cc(Br)c2c(c1)OCO2.O=Cc1cc(O)c(O)c(Br)c1. The summed E-state index contributed by atoms with van der Waals surface area (Å²) in [5, 5.41) is 27.3. The van der Waals surface area contributed by atoms with Crippen LogP contribution in [-0.2, 0) is 0 Å². The predicted molar refractivity (Wildman–Crippen MR) is 134 cm³/mol. The van der Waals surface area contributed by atoms with E-state index in [0.717, 1.165) is 17.0 Å². The predicted octanol–water partition coefficient (Wildman–Crippen LogP) is 5.94. The highest BCUT2D eigenvalue weighted by Crippen LogP contribution is 2.39. The molecule has 11 heteroatoms. The molecule has 0 saturated carbocycles. The number of aryl methyl sites for hydroxylation is 1. The van der Waals surface area contributed by atoms with Crippen LogP contribution < -0.4 is 9.47 Å². The summed E-state index contributed by atoms with van der Waals surface area (Å²) >= 11 is 9.37. The van der Waals surface area contributed by atoms with E-state index in [-0.39, 0.29) is 24.0 Å². The number of aldehydes is 3. The van der Waals surface area contributed by atoms with Gasteiger partial charge in [-0.3, -0.25) is 14.4 Å². The van der Waals surface area contributed by atoms with Gasteiger partial charge in [-0.2, -0.15) is 0 Å². The molecule has 1 aliphatic heterocycles. The lowest BCUT2D eigenvalue weighted by Crippen LogP contribution is -1.93. The van der Waals surface area contributed by atoms with Crippen LogP contribution in [0.4, 0.5) is 0 Å². The molecule has 1 heterocycles. The number of rotatable bonds is 3. The van der Waals surface area contributed by atoms with Gasteiger partial charge < -0.3 is 24.8 Å². The maximum atomic E-state index is 10.4.